The first kappa shape index (κ1) is 16.0. The molecule has 2 nitrogen and oxygen atoms in total. The second-order valence-electron chi connectivity index (χ2n) is 6.17. The van der Waals surface area contributed by atoms with Crippen molar-refractivity contribution in [1.82, 2.24) is 0 Å². The molecule has 0 saturated heterocycles. The fourth-order valence-electron chi connectivity index (χ4n) is 2.03. The fourth-order valence-corrected chi connectivity index (χ4v) is 2.03. The van der Waals surface area contributed by atoms with E-state index < -0.39 is 11.7 Å². The number of hydrogen-bond donors (Lipinski definition) is 1. The van der Waals surface area contributed by atoms with Gasteiger partial charge in [0.2, 0.25) is 0 Å². The molecule has 0 fully saturated rings. The highest BCUT2D eigenvalue weighted by Gasteiger charge is 2.13. The van der Waals surface area contributed by atoms with Crippen molar-refractivity contribution in [3.8, 4) is 0 Å². The Hall–Kier alpha value is -2.42. The molecule has 1 N–H and O–H groups in total. The van der Waals surface area contributed by atoms with Crippen molar-refractivity contribution in [3.63, 3.8) is 0 Å². The van der Waals surface area contributed by atoms with Crippen molar-refractivity contribution < 1.29 is 9.18 Å². The molecule has 22 heavy (non-hydrogen) atoms. The molecule has 1 amide bonds. The summed E-state index contributed by atoms with van der Waals surface area (Å²) in [6, 6.07) is 16.1. The van der Waals surface area contributed by atoms with Gasteiger partial charge in [0, 0.05) is 17.3 Å². The van der Waals surface area contributed by atoms with Crippen LogP contribution in [0.1, 0.15) is 31.9 Å². The molecule has 0 aliphatic heterocycles. The molecule has 0 unspecified atom stereocenters. The Morgan fingerprint density at radius 3 is 2.14 bits per heavy atom. The van der Waals surface area contributed by atoms with Gasteiger partial charge in [-0.3, -0.25) is 4.79 Å². The molecule has 0 atom stereocenters. The molecule has 3 heteroatoms. The lowest BCUT2D eigenvalue weighted by atomic mass is 9.86. The van der Waals surface area contributed by atoms with Crippen LogP contribution in [0, 0.1) is 0 Å². The van der Waals surface area contributed by atoms with Gasteiger partial charge in [0.1, 0.15) is 5.83 Å². The second kappa shape index (κ2) is 6.56. The number of anilines is 1. The SMILES string of the molecule is CC(C)(C)c1ccc(/C(F)=C\C(=O)Nc2ccccc2)cc1. The number of halogens is 1. The second-order valence-corrected chi connectivity index (χ2v) is 6.17. The summed E-state index contributed by atoms with van der Waals surface area (Å²) in [6.07, 6.45) is 0.971. The van der Waals surface area contributed by atoms with E-state index in [4.69, 9.17) is 0 Å². The predicted molar refractivity (Wildman–Crippen MR) is 89.3 cm³/mol. The summed E-state index contributed by atoms with van der Waals surface area (Å²) in [5, 5.41) is 2.62. The highest BCUT2D eigenvalue weighted by Crippen LogP contribution is 2.24. The molecule has 0 heterocycles. The topological polar surface area (TPSA) is 29.1 Å². The maximum absolute atomic E-state index is 14.1. The molecular weight excluding hydrogens is 277 g/mol. The Balaban J connectivity index is 2.10. The minimum atomic E-state index is -0.547. The van der Waals surface area contributed by atoms with Gasteiger partial charge in [-0.1, -0.05) is 63.2 Å². The minimum Gasteiger partial charge on any atom is -0.322 e. The van der Waals surface area contributed by atoms with Crippen LogP contribution in [0.15, 0.2) is 60.7 Å². The fraction of sp³-hybridized carbons (Fsp3) is 0.211. The lowest BCUT2D eigenvalue weighted by molar-refractivity contribution is -0.111. The van der Waals surface area contributed by atoms with E-state index in [0.29, 0.717) is 11.3 Å². The van der Waals surface area contributed by atoms with E-state index in [-0.39, 0.29) is 5.41 Å². The number of para-hydroxylation sites is 1. The van der Waals surface area contributed by atoms with E-state index in [1.165, 1.54) is 0 Å². The standard InChI is InChI=1S/C19H20FNO/c1-19(2,3)15-11-9-14(10-12-15)17(20)13-18(22)21-16-7-5-4-6-8-16/h4-13H,1-3H3,(H,21,22)/b17-13+. The number of benzene rings is 2. The van der Waals surface area contributed by atoms with E-state index in [2.05, 4.69) is 26.1 Å². The van der Waals surface area contributed by atoms with Gasteiger partial charge in [-0.2, -0.15) is 0 Å². The lowest BCUT2D eigenvalue weighted by Gasteiger charge is -2.18. The molecule has 2 aromatic rings. The minimum absolute atomic E-state index is 0.0173. The van der Waals surface area contributed by atoms with Crippen LogP contribution in [-0.2, 0) is 10.2 Å². The monoisotopic (exact) mass is 297 g/mol. The maximum Gasteiger partial charge on any atom is 0.251 e. The van der Waals surface area contributed by atoms with Gasteiger partial charge in [-0.15, -0.1) is 0 Å². The van der Waals surface area contributed by atoms with E-state index in [1.807, 2.05) is 18.2 Å². The van der Waals surface area contributed by atoms with Crippen LogP contribution >= 0.6 is 0 Å². The maximum atomic E-state index is 14.1. The highest BCUT2D eigenvalue weighted by atomic mass is 19.1. The van der Waals surface area contributed by atoms with Crippen LogP contribution < -0.4 is 5.32 Å². The molecule has 2 aromatic carbocycles. The molecule has 2 rings (SSSR count). The number of rotatable bonds is 3. The number of amides is 1. The van der Waals surface area contributed by atoms with Gasteiger partial charge in [-0.25, -0.2) is 4.39 Å². The van der Waals surface area contributed by atoms with E-state index >= 15 is 0 Å². The van der Waals surface area contributed by atoms with Crippen molar-refractivity contribution in [3.05, 3.63) is 71.8 Å². The lowest BCUT2D eigenvalue weighted by Crippen LogP contribution is -2.10. The molecule has 0 aliphatic rings. The molecular formula is C19H20FNO. The largest absolute Gasteiger partial charge is 0.322 e. The number of hydrogen-bond acceptors (Lipinski definition) is 1. The zero-order valence-corrected chi connectivity index (χ0v) is 13.1. The first-order chi connectivity index (χ1) is 10.4. The Labute approximate surface area is 130 Å². The van der Waals surface area contributed by atoms with Crippen LogP contribution in [-0.4, -0.2) is 5.91 Å². The van der Waals surface area contributed by atoms with Crippen molar-refractivity contribution in [2.24, 2.45) is 0 Å². The van der Waals surface area contributed by atoms with Gasteiger partial charge in [0.25, 0.3) is 5.91 Å². The van der Waals surface area contributed by atoms with E-state index in [9.17, 15) is 9.18 Å². The molecule has 0 spiro atoms. The van der Waals surface area contributed by atoms with Crippen molar-refractivity contribution in [2.75, 3.05) is 5.32 Å². The van der Waals surface area contributed by atoms with Crippen LogP contribution in [0.4, 0.5) is 10.1 Å². The summed E-state index contributed by atoms with van der Waals surface area (Å²) in [7, 11) is 0. The summed E-state index contributed by atoms with van der Waals surface area (Å²) < 4.78 is 14.1. The van der Waals surface area contributed by atoms with Crippen molar-refractivity contribution >= 4 is 17.4 Å². The van der Waals surface area contributed by atoms with Gasteiger partial charge in [0.15, 0.2) is 0 Å². The summed E-state index contributed by atoms with van der Waals surface area (Å²) >= 11 is 0. The van der Waals surface area contributed by atoms with Crippen molar-refractivity contribution in [2.45, 2.75) is 26.2 Å². The van der Waals surface area contributed by atoms with Crippen LogP contribution in [0.3, 0.4) is 0 Å². The first-order valence-electron chi connectivity index (χ1n) is 7.20. The zero-order valence-electron chi connectivity index (χ0n) is 13.1. The van der Waals surface area contributed by atoms with Gasteiger partial charge >= 0.3 is 0 Å². The van der Waals surface area contributed by atoms with E-state index in [1.54, 1.807) is 36.4 Å². The van der Waals surface area contributed by atoms with Gasteiger partial charge in [0.05, 0.1) is 0 Å². The predicted octanol–water partition coefficient (Wildman–Crippen LogP) is 4.93. The summed E-state index contributed by atoms with van der Waals surface area (Å²) in [5.74, 6) is -1.03. The molecule has 114 valence electrons. The molecule has 0 aliphatic carbocycles. The molecule has 0 bridgehead atoms. The highest BCUT2D eigenvalue weighted by molar-refractivity contribution is 6.03. The zero-order chi connectivity index (χ0) is 16.2. The number of nitrogens with one attached hydrogen (secondary N) is 1. The Morgan fingerprint density at radius 2 is 1.59 bits per heavy atom. The van der Waals surface area contributed by atoms with Gasteiger partial charge in [-0.05, 0) is 23.1 Å². The Kier molecular flexibility index (Phi) is 4.76. The van der Waals surface area contributed by atoms with Crippen LogP contribution in [0.25, 0.3) is 5.83 Å². The summed E-state index contributed by atoms with van der Waals surface area (Å²) in [4.78, 5) is 11.8. The smallest absolute Gasteiger partial charge is 0.251 e. The van der Waals surface area contributed by atoms with E-state index in [0.717, 1.165) is 11.6 Å². The average Bonchev–Trinajstić information content (AvgIpc) is 2.47. The average molecular weight is 297 g/mol. The molecule has 0 aromatic heterocycles. The van der Waals surface area contributed by atoms with Crippen LogP contribution in [0.5, 0.6) is 0 Å². The number of carbonyl (C=O) groups is 1. The third-order valence-electron chi connectivity index (χ3n) is 3.33. The third-order valence-corrected chi connectivity index (χ3v) is 3.33. The normalized spacial score (nSPS) is 12.1. The van der Waals surface area contributed by atoms with Crippen molar-refractivity contribution in [1.29, 1.82) is 0 Å². The Morgan fingerprint density at radius 1 is 1.00 bits per heavy atom. The quantitative estimate of drug-likeness (QED) is 0.799. The summed E-state index contributed by atoms with van der Waals surface area (Å²) in [5.41, 5.74) is 2.18. The Bertz CT molecular complexity index is 667. The van der Waals surface area contributed by atoms with Gasteiger partial charge < -0.3 is 5.32 Å². The third kappa shape index (κ3) is 4.29. The number of carbonyl (C=O) groups excluding carboxylic acids is 1. The molecule has 0 saturated carbocycles. The summed E-state index contributed by atoms with van der Waals surface area (Å²) in [6.45, 7) is 6.30. The first-order valence-corrected chi connectivity index (χ1v) is 7.20. The molecule has 0 radical (unpaired) electrons. The van der Waals surface area contributed by atoms with Crippen LogP contribution in [0.2, 0.25) is 0 Å².